The molecule has 0 atom stereocenters. The Morgan fingerprint density at radius 3 is 2.41 bits per heavy atom. The quantitative estimate of drug-likeness (QED) is 0.574. The van der Waals surface area contributed by atoms with Crippen molar-refractivity contribution in [1.29, 1.82) is 0 Å². The number of nitrogens with zero attached hydrogens (tertiary/aromatic N) is 3. The van der Waals surface area contributed by atoms with Crippen molar-refractivity contribution in [1.82, 2.24) is 15.3 Å². The van der Waals surface area contributed by atoms with Gasteiger partial charge in [0.2, 0.25) is 5.95 Å². The van der Waals surface area contributed by atoms with Gasteiger partial charge in [0.25, 0.3) is 5.91 Å². The van der Waals surface area contributed by atoms with Gasteiger partial charge in [-0.05, 0) is 49.9 Å². The van der Waals surface area contributed by atoms with Gasteiger partial charge in [-0.2, -0.15) is 4.98 Å². The lowest BCUT2D eigenvalue weighted by atomic mass is 9.91. The van der Waals surface area contributed by atoms with E-state index in [1.165, 1.54) is 0 Å². The van der Waals surface area contributed by atoms with Crippen molar-refractivity contribution in [3.63, 3.8) is 0 Å². The second-order valence-corrected chi connectivity index (χ2v) is 8.66. The average Bonchev–Trinajstić information content (AvgIpc) is 2.75. The van der Waals surface area contributed by atoms with Crippen molar-refractivity contribution in [3.8, 4) is 0 Å². The van der Waals surface area contributed by atoms with Crippen LogP contribution in [0.25, 0.3) is 10.9 Å². The summed E-state index contributed by atoms with van der Waals surface area (Å²) < 4.78 is 27.5. The van der Waals surface area contributed by atoms with Crippen molar-refractivity contribution in [2.75, 3.05) is 24.3 Å². The molecular weight excluding hydrogens is 436 g/mol. The number of carbonyl (C=O) groups excluding carboxylic acids is 1. The molecule has 1 aliphatic carbocycles. The molecule has 3 aromatic rings. The van der Waals surface area contributed by atoms with E-state index in [0.29, 0.717) is 33.3 Å². The minimum Gasteiger partial charge on any atom is -0.362 e. The Kier molecular flexibility index (Phi) is 6.41. The number of hydrogen-bond donors (Lipinski definition) is 2. The van der Waals surface area contributed by atoms with E-state index in [0.717, 1.165) is 37.8 Å². The maximum absolute atomic E-state index is 13.8. The van der Waals surface area contributed by atoms with Gasteiger partial charge in [-0.1, -0.05) is 17.7 Å². The second kappa shape index (κ2) is 9.24. The number of anilines is 2. The molecule has 168 valence electrons. The third kappa shape index (κ3) is 4.91. The maximum Gasteiger partial charge on any atom is 0.251 e. The molecule has 0 radical (unpaired) electrons. The average molecular weight is 460 g/mol. The minimum atomic E-state index is -0.942. The van der Waals surface area contributed by atoms with Gasteiger partial charge in [0.1, 0.15) is 5.82 Å². The number of fused-ring (bicyclic) bond motifs is 1. The first-order chi connectivity index (χ1) is 15.3. The molecule has 1 amide bonds. The lowest BCUT2D eigenvalue weighted by molar-refractivity contribution is 0.0926. The molecule has 9 heteroatoms. The molecule has 0 spiro atoms. The molecule has 2 N–H and O–H groups in total. The number of halogens is 3. The van der Waals surface area contributed by atoms with Gasteiger partial charge in [-0.3, -0.25) is 4.79 Å². The molecule has 32 heavy (non-hydrogen) atoms. The standard InChI is InChI=1S/C23H24ClF2N5O/c1-31(2)21-17-11-18(25)19(26)12-20(17)29-23(30-21)28-16-8-6-15(7-9-16)27-22(32)13-4-3-5-14(24)10-13/h3-5,10-12,15-16H,6-9H2,1-2H3,(H,27,32)(H,28,29,30)/t15-,16+. The number of rotatable bonds is 5. The number of carbonyl (C=O) groups is 1. The topological polar surface area (TPSA) is 70.2 Å². The Hall–Kier alpha value is -3.00. The molecule has 4 rings (SSSR count). The third-order valence-electron chi connectivity index (χ3n) is 5.62. The van der Waals surface area contributed by atoms with E-state index in [9.17, 15) is 13.6 Å². The molecule has 2 aromatic carbocycles. The smallest absolute Gasteiger partial charge is 0.251 e. The fraction of sp³-hybridized carbons (Fsp3) is 0.348. The molecule has 1 heterocycles. The molecule has 1 aliphatic rings. The third-order valence-corrected chi connectivity index (χ3v) is 5.86. The number of amides is 1. The van der Waals surface area contributed by atoms with Gasteiger partial charge in [-0.25, -0.2) is 13.8 Å². The van der Waals surface area contributed by atoms with Crippen LogP contribution in [0.1, 0.15) is 36.0 Å². The monoisotopic (exact) mass is 459 g/mol. The van der Waals surface area contributed by atoms with Crippen molar-refractivity contribution < 1.29 is 13.6 Å². The maximum atomic E-state index is 13.8. The van der Waals surface area contributed by atoms with Crippen LogP contribution < -0.4 is 15.5 Å². The fourth-order valence-electron chi connectivity index (χ4n) is 3.98. The van der Waals surface area contributed by atoms with Gasteiger partial charge in [0, 0.05) is 48.2 Å². The van der Waals surface area contributed by atoms with Gasteiger partial charge in [-0.15, -0.1) is 0 Å². The van der Waals surface area contributed by atoms with Crippen molar-refractivity contribution in [2.45, 2.75) is 37.8 Å². The van der Waals surface area contributed by atoms with Gasteiger partial charge >= 0.3 is 0 Å². The van der Waals surface area contributed by atoms with E-state index in [-0.39, 0.29) is 18.0 Å². The summed E-state index contributed by atoms with van der Waals surface area (Å²) in [6.07, 6.45) is 3.24. The van der Waals surface area contributed by atoms with Gasteiger partial charge in [0.15, 0.2) is 11.6 Å². The summed E-state index contributed by atoms with van der Waals surface area (Å²) in [5, 5.41) is 7.37. The first kappa shape index (κ1) is 22.2. The zero-order valence-corrected chi connectivity index (χ0v) is 18.6. The van der Waals surface area contributed by atoms with Crippen molar-refractivity contribution >= 4 is 40.2 Å². The van der Waals surface area contributed by atoms with E-state index < -0.39 is 11.6 Å². The van der Waals surface area contributed by atoms with E-state index in [1.54, 1.807) is 43.3 Å². The lowest BCUT2D eigenvalue weighted by Crippen LogP contribution is -2.40. The van der Waals surface area contributed by atoms with Crippen LogP contribution >= 0.6 is 11.6 Å². The summed E-state index contributed by atoms with van der Waals surface area (Å²) in [5.74, 6) is -1.12. The molecule has 1 fully saturated rings. The van der Waals surface area contributed by atoms with Crippen LogP contribution in [0.2, 0.25) is 5.02 Å². The van der Waals surface area contributed by atoms with Crippen molar-refractivity contribution in [2.24, 2.45) is 0 Å². The number of nitrogens with one attached hydrogen (secondary N) is 2. The lowest BCUT2D eigenvalue weighted by Gasteiger charge is -2.30. The molecule has 1 aromatic heterocycles. The Balaban J connectivity index is 1.41. The van der Waals surface area contributed by atoms with Crippen LogP contribution in [0, 0.1) is 11.6 Å². The van der Waals surface area contributed by atoms with Crippen LogP contribution in [0.3, 0.4) is 0 Å². The predicted octanol–water partition coefficient (Wildman–Crippen LogP) is 4.78. The molecule has 1 saturated carbocycles. The van der Waals surface area contributed by atoms with E-state index in [2.05, 4.69) is 20.6 Å². The largest absolute Gasteiger partial charge is 0.362 e. The van der Waals surface area contributed by atoms with Crippen LogP contribution in [-0.2, 0) is 0 Å². The molecule has 0 unspecified atom stereocenters. The van der Waals surface area contributed by atoms with E-state index in [1.807, 2.05) is 0 Å². The summed E-state index contributed by atoms with van der Waals surface area (Å²) in [6.45, 7) is 0. The van der Waals surface area contributed by atoms with Crippen molar-refractivity contribution in [3.05, 3.63) is 58.6 Å². The van der Waals surface area contributed by atoms with E-state index in [4.69, 9.17) is 11.6 Å². The highest BCUT2D eigenvalue weighted by molar-refractivity contribution is 6.30. The summed E-state index contributed by atoms with van der Waals surface area (Å²) in [5.41, 5.74) is 0.884. The molecule has 0 bridgehead atoms. The number of benzene rings is 2. The summed E-state index contributed by atoms with van der Waals surface area (Å²) in [7, 11) is 3.58. The Morgan fingerprint density at radius 1 is 1.03 bits per heavy atom. The minimum absolute atomic E-state index is 0.0754. The Morgan fingerprint density at radius 2 is 1.72 bits per heavy atom. The first-order valence-electron chi connectivity index (χ1n) is 10.5. The SMILES string of the molecule is CN(C)c1nc(N[C@H]2CC[C@@H](NC(=O)c3cccc(Cl)c3)CC2)nc2cc(F)c(F)cc12. The Labute approximate surface area is 190 Å². The molecule has 0 aliphatic heterocycles. The van der Waals surface area contributed by atoms with Gasteiger partial charge < -0.3 is 15.5 Å². The highest BCUT2D eigenvalue weighted by atomic mass is 35.5. The fourth-order valence-corrected chi connectivity index (χ4v) is 4.17. The number of aromatic nitrogens is 2. The molecule has 6 nitrogen and oxygen atoms in total. The predicted molar refractivity (Wildman–Crippen MR) is 122 cm³/mol. The summed E-state index contributed by atoms with van der Waals surface area (Å²) >= 11 is 5.97. The van der Waals surface area contributed by atoms with Crippen LogP contribution in [0.15, 0.2) is 36.4 Å². The summed E-state index contributed by atoms with van der Waals surface area (Å²) in [4.78, 5) is 23.1. The molecular formula is C23H24ClF2N5O. The highest BCUT2D eigenvalue weighted by Crippen LogP contribution is 2.28. The van der Waals surface area contributed by atoms with Crippen LogP contribution in [0.5, 0.6) is 0 Å². The number of hydrogen-bond acceptors (Lipinski definition) is 5. The Bertz CT molecular complexity index is 1150. The van der Waals surface area contributed by atoms with Gasteiger partial charge in [0.05, 0.1) is 5.52 Å². The zero-order valence-electron chi connectivity index (χ0n) is 17.8. The van der Waals surface area contributed by atoms with Crippen LogP contribution in [-0.4, -0.2) is 42.1 Å². The second-order valence-electron chi connectivity index (χ2n) is 8.23. The highest BCUT2D eigenvalue weighted by Gasteiger charge is 2.24. The summed E-state index contributed by atoms with van der Waals surface area (Å²) in [6, 6.07) is 9.28. The first-order valence-corrected chi connectivity index (χ1v) is 10.8. The molecule has 0 saturated heterocycles. The zero-order chi connectivity index (χ0) is 22.8. The normalized spacial score (nSPS) is 18.4. The van der Waals surface area contributed by atoms with E-state index >= 15 is 0 Å². The van der Waals surface area contributed by atoms with Crippen LogP contribution in [0.4, 0.5) is 20.5 Å².